The number of rotatable bonds is 3. The molecule has 0 N–H and O–H groups in total. The molecular weight excluding hydrogens is 663 g/mol. The smallest absolute Gasteiger partial charge is 0.0714 e. The third-order valence-electron chi connectivity index (χ3n) is 13.7. The maximum atomic E-state index is 2.63. The van der Waals surface area contributed by atoms with Gasteiger partial charge in [0.25, 0.3) is 0 Å². The summed E-state index contributed by atoms with van der Waals surface area (Å²) in [5, 5.41) is 0. The Labute approximate surface area is 323 Å². The van der Waals surface area contributed by atoms with Gasteiger partial charge in [0.05, 0.1) is 16.8 Å². The Morgan fingerprint density at radius 2 is 0.909 bits per heavy atom. The topological polar surface area (TPSA) is 3.24 Å². The van der Waals surface area contributed by atoms with Gasteiger partial charge in [-0.05, 0) is 109 Å². The van der Waals surface area contributed by atoms with Crippen LogP contribution in [0.25, 0.3) is 33.4 Å². The van der Waals surface area contributed by atoms with Gasteiger partial charge in [-0.1, -0.05) is 172 Å². The molecule has 0 amide bonds. The number of nitrogens with zero attached hydrogens (tertiary/aromatic N) is 1. The number of para-hydroxylation sites is 1. The molecule has 260 valence electrons. The lowest BCUT2D eigenvalue weighted by Crippen LogP contribution is -2.33. The van der Waals surface area contributed by atoms with Crippen LogP contribution in [-0.2, 0) is 16.2 Å². The van der Waals surface area contributed by atoms with Crippen molar-refractivity contribution in [1.82, 2.24) is 0 Å². The van der Waals surface area contributed by atoms with Crippen molar-refractivity contribution in [2.24, 2.45) is 0 Å². The summed E-state index contributed by atoms with van der Waals surface area (Å²) < 4.78 is 0. The Morgan fingerprint density at radius 3 is 1.60 bits per heavy atom. The van der Waals surface area contributed by atoms with E-state index in [-0.39, 0.29) is 10.8 Å². The third kappa shape index (κ3) is 3.65. The van der Waals surface area contributed by atoms with Crippen molar-refractivity contribution in [3.8, 4) is 33.4 Å². The molecule has 4 aliphatic rings. The van der Waals surface area contributed by atoms with E-state index in [4.69, 9.17) is 0 Å². The van der Waals surface area contributed by atoms with Gasteiger partial charge in [0, 0.05) is 22.1 Å². The van der Waals surface area contributed by atoms with Gasteiger partial charge in [0.15, 0.2) is 0 Å². The predicted molar refractivity (Wildman–Crippen MR) is 227 cm³/mol. The van der Waals surface area contributed by atoms with Crippen LogP contribution in [0.15, 0.2) is 182 Å². The van der Waals surface area contributed by atoms with Crippen molar-refractivity contribution < 1.29 is 0 Å². The van der Waals surface area contributed by atoms with Gasteiger partial charge in [-0.2, -0.15) is 0 Å². The maximum absolute atomic E-state index is 2.63. The second-order valence-corrected chi connectivity index (χ2v) is 16.5. The molecule has 0 radical (unpaired) electrons. The molecule has 8 aromatic carbocycles. The molecule has 0 aromatic heterocycles. The zero-order chi connectivity index (χ0) is 36.7. The lowest BCUT2D eigenvalue weighted by atomic mass is 9.67. The molecule has 0 saturated carbocycles. The highest BCUT2D eigenvalue weighted by atomic mass is 15.2. The molecule has 12 rings (SSSR count). The van der Waals surface area contributed by atoms with Gasteiger partial charge in [-0.3, -0.25) is 0 Å². The van der Waals surface area contributed by atoms with Crippen LogP contribution in [0.2, 0.25) is 0 Å². The molecule has 55 heavy (non-hydrogen) atoms. The van der Waals surface area contributed by atoms with Crippen LogP contribution in [0.3, 0.4) is 0 Å². The summed E-state index contributed by atoms with van der Waals surface area (Å²) in [6.45, 7) is 7.30. The van der Waals surface area contributed by atoms with E-state index in [2.05, 4.69) is 208 Å². The quantitative estimate of drug-likeness (QED) is 0.177. The molecule has 1 heteroatoms. The molecule has 0 spiro atoms. The minimum absolute atomic E-state index is 0.148. The Morgan fingerprint density at radius 1 is 0.382 bits per heavy atom. The van der Waals surface area contributed by atoms with Crippen LogP contribution in [0.5, 0.6) is 0 Å². The van der Waals surface area contributed by atoms with Gasteiger partial charge in [0.2, 0.25) is 0 Å². The van der Waals surface area contributed by atoms with Crippen molar-refractivity contribution in [3.05, 3.63) is 232 Å². The lowest BCUT2D eigenvalue weighted by Gasteiger charge is -2.44. The van der Waals surface area contributed by atoms with Crippen LogP contribution in [0.1, 0.15) is 70.8 Å². The molecule has 1 aliphatic heterocycles. The number of fused-ring (bicyclic) bond motifs is 12. The fraction of sp³-hybridized carbons (Fsp3) is 0.111. The first-order valence-corrected chi connectivity index (χ1v) is 19.6. The molecule has 1 heterocycles. The first-order valence-electron chi connectivity index (χ1n) is 19.6. The summed E-state index contributed by atoms with van der Waals surface area (Å²) >= 11 is 0. The Balaban J connectivity index is 1.21. The molecule has 0 fully saturated rings. The monoisotopic (exact) mass is 701 g/mol. The molecule has 1 nitrogen and oxygen atoms in total. The first-order chi connectivity index (χ1) is 26.9. The largest absolute Gasteiger partial charge is 0.309 e. The third-order valence-corrected chi connectivity index (χ3v) is 13.7. The van der Waals surface area contributed by atoms with E-state index in [1.165, 1.54) is 101 Å². The summed E-state index contributed by atoms with van der Waals surface area (Å²) in [6, 6.07) is 68.8. The zero-order valence-corrected chi connectivity index (χ0v) is 31.3. The summed E-state index contributed by atoms with van der Waals surface area (Å²) in [6.07, 6.45) is 0. The van der Waals surface area contributed by atoms with Gasteiger partial charge < -0.3 is 4.90 Å². The van der Waals surface area contributed by atoms with Crippen molar-refractivity contribution >= 4 is 17.1 Å². The SMILES string of the molecule is CC1(C)c2ccccc2-c2c1cc1c3c2N(c2cccc(C4(c5ccccc5)c5ccccc5-c5ccccc54)c2)c2ccccc2C3(C)c2ccccc2-1. The predicted octanol–water partition coefficient (Wildman–Crippen LogP) is 13.5. The molecule has 1 unspecified atom stereocenters. The van der Waals surface area contributed by atoms with Crippen LogP contribution >= 0.6 is 0 Å². The number of hydrogen-bond donors (Lipinski definition) is 0. The highest BCUT2D eigenvalue weighted by Gasteiger charge is 2.52. The standard InChI is InChI=1S/C54H39N/c1-52(2)42-26-11-10-25-40(42)49-47(52)33-41-39-24-7-12-27-43(39)53(3)46-30-15-16-31-48(46)55(51(49)50(41)53)36-21-17-20-35(32-36)54(34-18-5-4-6-19-34)44-28-13-8-22-37(44)38-23-9-14-29-45(38)54/h4-33H,1-3H3. The summed E-state index contributed by atoms with van der Waals surface area (Å²) in [7, 11) is 0. The second kappa shape index (κ2) is 10.6. The molecule has 8 aromatic rings. The fourth-order valence-corrected chi connectivity index (χ4v) is 11.4. The fourth-order valence-electron chi connectivity index (χ4n) is 11.4. The van der Waals surface area contributed by atoms with E-state index in [0.29, 0.717) is 0 Å². The van der Waals surface area contributed by atoms with Gasteiger partial charge in [0.1, 0.15) is 0 Å². The number of benzene rings is 8. The summed E-state index contributed by atoms with van der Waals surface area (Å²) in [5.74, 6) is 0. The maximum Gasteiger partial charge on any atom is 0.0714 e. The van der Waals surface area contributed by atoms with E-state index in [0.717, 1.165) is 0 Å². The van der Waals surface area contributed by atoms with E-state index in [9.17, 15) is 0 Å². The first kappa shape index (κ1) is 31.0. The van der Waals surface area contributed by atoms with Crippen molar-refractivity contribution in [1.29, 1.82) is 0 Å². The highest BCUT2D eigenvalue weighted by molar-refractivity contribution is 6.06. The molecule has 0 bridgehead atoms. The normalized spacial score (nSPS) is 18.1. The van der Waals surface area contributed by atoms with Gasteiger partial charge >= 0.3 is 0 Å². The van der Waals surface area contributed by atoms with Crippen LogP contribution < -0.4 is 4.90 Å². The molecular formula is C54H39N. The Hall–Kier alpha value is -6.44. The minimum Gasteiger partial charge on any atom is -0.309 e. The van der Waals surface area contributed by atoms with Gasteiger partial charge in [-0.15, -0.1) is 0 Å². The van der Waals surface area contributed by atoms with Gasteiger partial charge in [-0.25, -0.2) is 0 Å². The molecule has 0 saturated heterocycles. The second-order valence-electron chi connectivity index (χ2n) is 16.5. The summed E-state index contributed by atoms with van der Waals surface area (Å²) in [4.78, 5) is 2.63. The number of hydrogen-bond acceptors (Lipinski definition) is 1. The molecule has 1 atom stereocenters. The zero-order valence-electron chi connectivity index (χ0n) is 31.3. The minimum atomic E-state index is -0.486. The van der Waals surface area contributed by atoms with E-state index < -0.39 is 5.41 Å². The van der Waals surface area contributed by atoms with Crippen LogP contribution in [0.4, 0.5) is 17.1 Å². The molecule has 3 aliphatic carbocycles. The van der Waals surface area contributed by atoms with Crippen LogP contribution in [0, 0.1) is 0 Å². The summed E-state index contributed by atoms with van der Waals surface area (Å²) in [5.41, 5.74) is 23.0. The van der Waals surface area contributed by atoms with Crippen molar-refractivity contribution in [3.63, 3.8) is 0 Å². The number of anilines is 3. The average Bonchev–Trinajstić information content (AvgIpc) is 3.78. The van der Waals surface area contributed by atoms with E-state index >= 15 is 0 Å². The van der Waals surface area contributed by atoms with Crippen LogP contribution in [-0.4, -0.2) is 0 Å². The van der Waals surface area contributed by atoms with Crippen molar-refractivity contribution in [2.45, 2.75) is 37.0 Å². The highest BCUT2D eigenvalue weighted by Crippen LogP contribution is 2.67. The Bertz CT molecular complexity index is 2880. The van der Waals surface area contributed by atoms with Crippen molar-refractivity contribution in [2.75, 3.05) is 4.90 Å². The van der Waals surface area contributed by atoms with E-state index in [1.807, 2.05) is 0 Å². The van der Waals surface area contributed by atoms with E-state index in [1.54, 1.807) is 0 Å². The lowest BCUT2D eigenvalue weighted by molar-refractivity contribution is 0.658. The Kier molecular flexibility index (Phi) is 5.98. The average molecular weight is 702 g/mol.